The van der Waals surface area contributed by atoms with Crippen molar-refractivity contribution in [3.8, 4) is 11.5 Å². The molecule has 0 aliphatic carbocycles. The van der Waals surface area contributed by atoms with Crippen LogP contribution in [0.25, 0.3) is 21.5 Å². The van der Waals surface area contributed by atoms with Crippen LogP contribution in [0.4, 0.5) is 0 Å². The molecule has 2 nitrogen and oxygen atoms in total. The van der Waals surface area contributed by atoms with Crippen LogP contribution in [0.5, 0.6) is 11.5 Å². The van der Waals surface area contributed by atoms with Crippen molar-refractivity contribution in [1.82, 2.24) is 0 Å². The molecule has 0 spiro atoms. The fourth-order valence-electron chi connectivity index (χ4n) is 2.74. The van der Waals surface area contributed by atoms with E-state index in [1.165, 1.54) is 21.5 Å². The summed E-state index contributed by atoms with van der Waals surface area (Å²) in [5.74, 6) is 1.75. The predicted molar refractivity (Wildman–Crippen MR) is 116 cm³/mol. The summed E-state index contributed by atoms with van der Waals surface area (Å²) < 4.78 is 12.5. The molecular formula is C22H18Br2O2. The Morgan fingerprint density at radius 1 is 0.538 bits per heavy atom. The summed E-state index contributed by atoms with van der Waals surface area (Å²) in [5.41, 5.74) is 0. The van der Waals surface area contributed by atoms with Gasteiger partial charge in [-0.15, -0.1) is 0 Å². The maximum Gasteiger partial charge on any atom is 0.133 e. The first kappa shape index (κ1) is 18.7. The maximum absolute atomic E-state index is 5.21. The largest absolute Gasteiger partial charge is 0.496 e. The van der Waals surface area contributed by atoms with E-state index in [9.17, 15) is 0 Å². The molecule has 0 fully saturated rings. The van der Waals surface area contributed by atoms with Crippen LogP contribution in [0.15, 0.2) is 81.7 Å². The van der Waals surface area contributed by atoms with E-state index < -0.39 is 0 Å². The Balaban J connectivity index is 0.000000151. The minimum absolute atomic E-state index is 0.874. The summed E-state index contributed by atoms with van der Waals surface area (Å²) in [6.07, 6.45) is 0. The van der Waals surface area contributed by atoms with Crippen LogP contribution < -0.4 is 9.47 Å². The van der Waals surface area contributed by atoms with Crippen LogP contribution >= 0.6 is 31.9 Å². The van der Waals surface area contributed by atoms with E-state index in [1.807, 2.05) is 36.4 Å². The lowest BCUT2D eigenvalue weighted by atomic mass is 10.1. The van der Waals surface area contributed by atoms with Gasteiger partial charge in [-0.25, -0.2) is 0 Å². The number of hydrogen-bond donors (Lipinski definition) is 0. The summed E-state index contributed by atoms with van der Waals surface area (Å²) in [4.78, 5) is 0. The van der Waals surface area contributed by atoms with Gasteiger partial charge in [0.05, 0.1) is 23.2 Å². The van der Waals surface area contributed by atoms with Gasteiger partial charge in [0.15, 0.2) is 0 Å². The number of fused-ring (bicyclic) bond motifs is 2. The molecule has 4 heteroatoms. The molecule has 4 aromatic rings. The number of ether oxygens (including phenoxy) is 2. The molecule has 26 heavy (non-hydrogen) atoms. The third kappa shape index (κ3) is 3.87. The number of benzene rings is 4. The molecule has 0 aliphatic heterocycles. The van der Waals surface area contributed by atoms with E-state index in [2.05, 4.69) is 68.3 Å². The molecule has 0 saturated carbocycles. The van der Waals surface area contributed by atoms with Gasteiger partial charge >= 0.3 is 0 Å². The first-order valence-corrected chi connectivity index (χ1v) is 9.66. The molecule has 0 radical (unpaired) electrons. The number of methoxy groups -OCH3 is 2. The third-order valence-corrected chi connectivity index (χ3v) is 5.73. The number of halogens is 2. The molecule has 0 aliphatic rings. The van der Waals surface area contributed by atoms with Gasteiger partial charge in [-0.1, -0.05) is 60.7 Å². The van der Waals surface area contributed by atoms with Gasteiger partial charge in [-0.3, -0.25) is 0 Å². The molecule has 0 N–H and O–H groups in total. The van der Waals surface area contributed by atoms with Gasteiger partial charge < -0.3 is 9.47 Å². The highest BCUT2D eigenvalue weighted by atomic mass is 79.9. The maximum atomic E-state index is 5.21. The lowest BCUT2D eigenvalue weighted by molar-refractivity contribution is 0.413. The highest BCUT2D eigenvalue weighted by Gasteiger charge is 2.04. The van der Waals surface area contributed by atoms with Gasteiger partial charge in [0.1, 0.15) is 11.5 Å². The number of rotatable bonds is 2. The quantitative estimate of drug-likeness (QED) is 0.306. The molecular weight excluding hydrogens is 456 g/mol. The van der Waals surface area contributed by atoms with Crippen molar-refractivity contribution in [3.05, 3.63) is 81.7 Å². The molecule has 132 valence electrons. The van der Waals surface area contributed by atoms with Crippen molar-refractivity contribution in [3.63, 3.8) is 0 Å². The Kier molecular flexibility index (Phi) is 6.17. The molecule has 0 amide bonds. The Bertz CT molecular complexity index is 959. The van der Waals surface area contributed by atoms with Crippen molar-refractivity contribution in [2.45, 2.75) is 0 Å². The second-order valence-corrected chi connectivity index (χ2v) is 7.19. The average Bonchev–Trinajstić information content (AvgIpc) is 2.70. The average molecular weight is 474 g/mol. The summed E-state index contributed by atoms with van der Waals surface area (Å²) >= 11 is 7.03. The van der Waals surface area contributed by atoms with E-state index in [1.54, 1.807) is 14.2 Å². The van der Waals surface area contributed by atoms with E-state index in [4.69, 9.17) is 9.47 Å². The minimum Gasteiger partial charge on any atom is -0.496 e. The minimum atomic E-state index is 0.874. The Morgan fingerprint density at radius 3 is 1.31 bits per heavy atom. The van der Waals surface area contributed by atoms with Crippen LogP contribution in [-0.4, -0.2) is 14.2 Å². The van der Waals surface area contributed by atoms with Crippen molar-refractivity contribution in [2.24, 2.45) is 0 Å². The summed E-state index contributed by atoms with van der Waals surface area (Å²) in [6, 6.07) is 24.4. The van der Waals surface area contributed by atoms with Gasteiger partial charge in [0.25, 0.3) is 0 Å². The number of hydrogen-bond acceptors (Lipinski definition) is 2. The SMILES string of the molecule is COc1ccc2ccccc2c1Br.COc1ccc2ccccc2c1Br. The molecule has 4 rings (SSSR count). The van der Waals surface area contributed by atoms with Gasteiger partial charge in [-0.05, 0) is 65.5 Å². The van der Waals surface area contributed by atoms with E-state index in [0.717, 1.165) is 20.4 Å². The summed E-state index contributed by atoms with van der Waals surface area (Å²) in [5, 5.41) is 4.80. The summed E-state index contributed by atoms with van der Waals surface area (Å²) in [6.45, 7) is 0. The standard InChI is InChI=1S/2C11H9BrO/c2*1-13-10-7-6-8-4-2-3-5-9(8)11(10)12/h2*2-7H,1H3. The topological polar surface area (TPSA) is 18.5 Å². The second-order valence-electron chi connectivity index (χ2n) is 5.61. The van der Waals surface area contributed by atoms with Gasteiger partial charge in [0.2, 0.25) is 0 Å². The second kappa shape index (κ2) is 8.56. The third-order valence-electron chi connectivity index (χ3n) is 4.10. The van der Waals surface area contributed by atoms with Crippen LogP contribution in [-0.2, 0) is 0 Å². The Labute approximate surface area is 170 Å². The zero-order valence-electron chi connectivity index (χ0n) is 14.5. The molecule has 4 aromatic carbocycles. The molecule has 0 aromatic heterocycles. The van der Waals surface area contributed by atoms with Crippen molar-refractivity contribution in [1.29, 1.82) is 0 Å². The Hall–Kier alpha value is -2.04. The molecule has 0 bridgehead atoms. The fourth-order valence-corrected chi connectivity index (χ4v) is 4.05. The lowest BCUT2D eigenvalue weighted by Crippen LogP contribution is -1.84. The van der Waals surface area contributed by atoms with E-state index in [0.29, 0.717) is 0 Å². The highest BCUT2D eigenvalue weighted by Crippen LogP contribution is 2.33. The first-order chi connectivity index (χ1) is 12.7. The summed E-state index contributed by atoms with van der Waals surface area (Å²) in [7, 11) is 3.35. The molecule has 0 saturated heterocycles. The van der Waals surface area contributed by atoms with Gasteiger partial charge in [-0.2, -0.15) is 0 Å². The van der Waals surface area contributed by atoms with Crippen LogP contribution in [0.3, 0.4) is 0 Å². The van der Waals surface area contributed by atoms with Crippen LogP contribution in [0.2, 0.25) is 0 Å². The zero-order valence-corrected chi connectivity index (χ0v) is 17.7. The highest BCUT2D eigenvalue weighted by molar-refractivity contribution is 9.11. The lowest BCUT2D eigenvalue weighted by Gasteiger charge is -2.05. The molecule has 0 unspecified atom stereocenters. The Morgan fingerprint density at radius 2 is 0.923 bits per heavy atom. The van der Waals surface area contributed by atoms with Crippen molar-refractivity contribution < 1.29 is 9.47 Å². The van der Waals surface area contributed by atoms with Crippen LogP contribution in [0.1, 0.15) is 0 Å². The monoisotopic (exact) mass is 472 g/mol. The predicted octanol–water partition coefficient (Wildman–Crippen LogP) is 7.22. The smallest absolute Gasteiger partial charge is 0.133 e. The molecule has 0 atom stereocenters. The zero-order chi connectivity index (χ0) is 18.5. The van der Waals surface area contributed by atoms with Crippen LogP contribution in [0, 0.1) is 0 Å². The van der Waals surface area contributed by atoms with Crippen molar-refractivity contribution in [2.75, 3.05) is 14.2 Å². The van der Waals surface area contributed by atoms with Crippen molar-refractivity contribution >= 4 is 53.4 Å². The fraction of sp³-hybridized carbons (Fsp3) is 0.0909. The molecule has 0 heterocycles. The normalized spacial score (nSPS) is 10.3. The van der Waals surface area contributed by atoms with E-state index >= 15 is 0 Å². The first-order valence-electron chi connectivity index (χ1n) is 8.08. The van der Waals surface area contributed by atoms with E-state index in [-0.39, 0.29) is 0 Å². The van der Waals surface area contributed by atoms with Gasteiger partial charge in [0, 0.05) is 0 Å².